The molecule has 0 saturated carbocycles. The van der Waals surface area contributed by atoms with Gasteiger partial charge in [0, 0.05) is 5.56 Å². The molecule has 2 aromatic carbocycles. The molecule has 3 rings (SSSR count). The van der Waals surface area contributed by atoms with Crippen LogP contribution in [0.2, 0.25) is 0 Å². The summed E-state index contributed by atoms with van der Waals surface area (Å²) in [7, 11) is 0. The van der Waals surface area contributed by atoms with E-state index in [0.29, 0.717) is 12.2 Å². The Morgan fingerprint density at radius 1 is 1.04 bits per heavy atom. The third kappa shape index (κ3) is 5.26. The number of carbonyl (C=O) groups is 1. The SMILES string of the molecule is CCCCCCOc1ccc(/C=C2\N=C(c3ccc(F)cc3)OC2=O)cc1. The molecular formula is C22H22FNO3. The van der Waals surface area contributed by atoms with Crippen LogP contribution in [0.3, 0.4) is 0 Å². The van der Waals surface area contributed by atoms with Gasteiger partial charge >= 0.3 is 5.97 Å². The van der Waals surface area contributed by atoms with E-state index in [4.69, 9.17) is 9.47 Å². The minimum Gasteiger partial charge on any atom is -0.494 e. The third-order valence-corrected chi connectivity index (χ3v) is 4.16. The summed E-state index contributed by atoms with van der Waals surface area (Å²) in [5.74, 6) is 0.106. The zero-order valence-electron chi connectivity index (χ0n) is 15.3. The second kappa shape index (κ2) is 9.12. The normalized spacial score (nSPS) is 15.0. The van der Waals surface area contributed by atoms with Gasteiger partial charge in [-0.15, -0.1) is 0 Å². The van der Waals surface area contributed by atoms with Crippen LogP contribution in [0.4, 0.5) is 4.39 Å². The number of rotatable bonds is 8. The highest BCUT2D eigenvalue weighted by molar-refractivity contribution is 6.12. The topological polar surface area (TPSA) is 47.9 Å². The Morgan fingerprint density at radius 2 is 1.78 bits per heavy atom. The third-order valence-electron chi connectivity index (χ3n) is 4.16. The summed E-state index contributed by atoms with van der Waals surface area (Å²) in [4.78, 5) is 16.2. The van der Waals surface area contributed by atoms with E-state index in [0.717, 1.165) is 17.7 Å². The summed E-state index contributed by atoms with van der Waals surface area (Å²) in [6.45, 7) is 2.89. The van der Waals surface area contributed by atoms with Crippen LogP contribution in [0.15, 0.2) is 59.2 Å². The summed E-state index contributed by atoms with van der Waals surface area (Å²) in [6, 6.07) is 13.1. The van der Waals surface area contributed by atoms with Crippen molar-refractivity contribution in [2.75, 3.05) is 6.61 Å². The highest BCUT2D eigenvalue weighted by atomic mass is 19.1. The van der Waals surface area contributed by atoms with Crippen LogP contribution in [0.25, 0.3) is 6.08 Å². The number of ether oxygens (including phenoxy) is 2. The van der Waals surface area contributed by atoms with Crippen molar-refractivity contribution in [1.29, 1.82) is 0 Å². The molecular weight excluding hydrogens is 345 g/mol. The summed E-state index contributed by atoms with van der Waals surface area (Å²) >= 11 is 0. The predicted molar refractivity (Wildman–Crippen MR) is 103 cm³/mol. The lowest BCUT2D eigenvalue weighted by Crippen LogP contribution is -2.05. The molecule has 27 heavy (non-hydrogen) atoms. The van der Waals surface area contributed by atoms with Gasteiger partial charge in [0.05, 0.1) is 6.61 Å². The van der Waals surface area contributed by atoms with Gasteiger partial charge in [-0.2, -0.15) is 0 Å². The van der Waals surface area contributed by atoms with Gasteiger partial charge in [0.2, 0.25) is 5.90 Å². The maximum Gasteiger partial charge on any atom is 0.363 e. The van der Waals surface area contributed by atoms with Gasteiger partial charge in [-0.1, -0.05) is 38.3 Å². The molecule has 0 fully saturated rings. The quantitative estimate of drug-likeness (QED) is 0.369. The minimum atomic E-state index is -0.523. The van der Waals surface area contributed by atoms with Crippen molar-refractivity contribution >= 4 is 17.9 Å². The van der Waals surface area contributed by atoms with Crippen molar-refractivity contribution in [2.24, 2.45) is 4.99 Å². The lowest BCUT2D eigenvalue weighted by Gasteiger charge is -2.06. The first kappa shape index (κ1) is 18.8. The van der Waals surface area contributed by atoms with Crippen molar-refractivity contribution in [3.8, 4) is 5.75 Å². The van der Waals surface area contributed by atoms with Gasteiger partial charge in [0.25, 0.3) is 0 Å². The molecule has 0 bridgehead atoms. The zero-order valence-corrected chi connectivity index (χ0v) is 15.3. The van der Waals surface area contributed by atoms with Crippen molar-refractivity contribution < 1.29 is 18.7 Å². The van der Waals surface area contributed by atoms with Crippen molar-refractivity contribution in [3.63, 3.8) is 0 Å². The van der Waals surface area contributed by atoms with E-state index in [1.54, 1.807) is 6.08 Å². The number of halogens is 1. The predicted octanol–water partition coefficient (Wildman–Crippen LogP) is 5.13. The molecule has 0 aromatic heterocycles. The van der Waals surface area contributed by atoms with Crippen LogP contribution in [0.1, 0.15) is 43.7 Å². The van der Waals surface area contributed by atoms with E-state index in [2.05, 4.69) is 11.9 Å². The van der Waals surface area contributed by atoms with Crippen LogP contribution in [-0.2, 0) is 9.53 Å². The fraction of sp³-hybridized carbons (Fsp3) is 0.273. The van der Waals surface area contributed by atoms with E-state index in [9.17, 15) is 9.18 Å². The molecule has 5 heteroatoms. The number of unbranched alkanes of at least 4 members (excludes halogenated alkanes) is 3. The first-order valence-electron chi connectivity index (χ1n) is 9.17. The first-order chi connectivity index (χ1) is 13.2. The number of nitrogens with zero attached hydrogens (tertiary/aromatic N) is 1. The zero-order chi connectivity index (χ0) is 19.1. The number of benzene rings is 2. The maximum absolute atomic E-state index is 13.0. The van der Waals surface area contributed by atoms with Crippen molar-refractivity contribution in [3.05, 3.63) is 71.2 Å². The average Bonchev–Trinajstić information content (AvgIpc) is 3.04. The standard InChI is InChI=1S/C22H22FNO3/c1-2-3-4-5-14-26-19-12-6-16(7-13-19)15-20-22(25)27-21(24-20)17-8-10-18(23)11-9-17/h6-13,15H,2-5,14H2,1H3/b20-15-. The van der Waals surface area contributed by atoms with Gasteiger partial charge in [-0.3, -0.25) is 0 Å². The second-order valence-electron chi connectivity index (χ2n) is 6.32. The van der Waals surface area contributed by atoms with Gasteiger partial charge < -0.3 is 9.47 Å². The Labute approximate surface area is 158 Å². The number of aliphatic imine (C=N–C) groups is 1. The molecule has 1 aliphatic heterocycles. The molecule has 0 aliphatic carbocycles. The van der Waals surface area contributed by atoms with Gasteiger partial charge in [0.15, 0.2) is 5.70 Å². The molecule has 0 N–H and O–H groups in total. The fourth-order valence-electron chi connectivity index (χ4n) is 2.66. The Bertz CT molecular complexity index is 839. The summed E-state index contributed by atoms with van der Waals surface area (Å²) in [6.07, 6.45) is 6.32. The molecule has 0 unspecified atom stereocenters. The van der Waals surface area contributed by atoms with E-state index >= 15 is 0 Å². The Kier molecular flexibility index (Phi) is 6.36. The lowest BCUT2D eigenvalue weighted by molar-refractivity contribution is -0.129. The number of hydrogen-bond acceptors (Lipinski definition) is 4. The number of carbonyl (C=O) groups excluding carboxylic acids is 1. The first-order valence-corrected chi connectivity index (χ1v) is 9.17. The summed E-state index contributed by atoms with van der Waals surface area (Å²) in [5.41, 5.74) is 1.59. The number of esters is 1. The molecule has 1 heterocycles. The molecule has 0 atom stereocenters. The van der Waals surface area contributed by atoms with Crippen LogP contribution in [0.5, 0.6) is 5.75 Å². The highest BCUT2D eigenvalue weighted by Gasteiger charge is 2.24. The molecule has 0 spiro atoms. The van der Waals surface area contributed by atoms with Gasteiger partial charge in [0.1, 0.15) is 11.6 Å². The number of hydrogen-bond donors (Lipinski definition) is 0. The maximum atomic E-state index is 13.0. The van der Waals surface area contributed by atoms with E-state index in [1.165, 1.54) is 43.5 Å². The second-order valence-corrected chi connectivity index (χ2v) is 6.32. The molecule has 4 nitrogen and oxygen atoms in total. The Hall–Kier alpha value is -2.95. The van der Waals surface area contributed by atoms with Crippen LogP contribution in [0, 0.1) is 5.82 Å². The van der Waals surface area contributed by atoms with Gasteiger partial charge in [-0.25, -0.2) is 14.2 Å². The summed E-state index contributed by atoms with van der Waals surface area (Å²) < 4.78 is 23.9. The van der Waals surface area contributed by atoms with Gasteiger partial charge in [-0.05, 0) is 54.5 Å². The fourth-order valence-corrected chi connectivity index (χ4v) is 2.66. The molecule has 0 radical (unpaired) electrons. The molecule has 1 aliphatic rings. The molecule has 0 amide bonds. The Morgan fingerprint density at radius 3 is 2.48 bits per heavy atom. The summed E-state index contributed by atoms with van der Waals surface area (Å²) in [5, 5.41) is 0. The molecule has 0 saturated heterocycles. The average molecular weight is 367 g/mol. The van der Waals surface area contributed by atoms with E-state index in [-0.39, 0.29) is 17.4 Å². The largest absolute Gasteiger partial charge is 0.494 e. The van der Waals surface area contributed by atoms with Crippen LogP contribution < -0.4 is 4.74 Å². The van der Waals surface area contributed by atoms with Crippen molar-refractivity contribution in [2.45, 2.75) is 32.6 Å². The Balaban J connectivity index is 1.63. The van der Waals surface area contributed by atoms with Crippen molar-refractivity contribution in [1.82, 2.24) is 0 Å². The smallest absolute Gasteiger partial charge is 0.363 e. The number of cyclic esters (lactones) is 1. The molecule has 140 valence electrons. The molecule has 2 aromatic rings. The lowest BCUT2D eigenvalue weighted by atomic mass is 10.2. The van der Waals surface area contributed by atoms with E-state index in [1.807, 2.05) is 24.3 Å². The van der Waals surface area contributed by atoms with Crippen LogP contribution in [-0.4, -0.2) is 18.5 Å². The van der Waals surface area contributed by atoms with Crippen LogP contribution >= 0.6 is 0 Å². The van der Waals surface area contributed by atoms with E-state index < -0.39 is 5.97 Å². The highest BCUT2D eigenvalue weighted by Crippen LogP contribution is 2.21. The monoisotopic (exact) mass is 367 g/mol. The minimum absolute atomic E-state index is 0.179.